The van der Waals surface area contributed by atoms with Gasteiger partial charge in [0.2, 0.25) is 11.7 Å². The van der Waals surface area contributed by atoms with Gasteiger partial charge in [-0.05, 0) is 23.8 Å². The lowest BCUT2D eigenvalue weighted by molar-refractivity contribution is -0.149. The van der Waals surface area contributed by atoms with Crippen molar-refractivity contribution in [1.29, 1.82) is 0 Å². The number of nitrogens with zero attached hydrogens (tertiary/aromatic N) is 1. The van der Waals surface area contributed by atoms with E-state index >= 15 is 0 Å². The second kappa shape index (κ2) is 6.30. The van der Waals surface area contributed by atoms with Crippen molar-refractivity contribution < 1.29 is 23.8 Å². The highest BCUT2D eigenvalue weighted by molar-refractivity contribution is 6.05. The van der Waals surface area contributed by atoms with Crippen molar-refractivity contribution in [3.8, 4) is 17.2 Å². The van der Waals surface area contributed by atoms with E-state index in [0.717, 1.165) is 0 Å². The van der Waals surface area contributed by atoms with Crippen molar-refractivity contribution in [1.82, 2.24) is 4.90 Å². The summed E-state index contributed by atoms with van der Waals surface area (Å²) in [7, 11) is 4.57. The second-order valence-corrected chi connectivity index (χ2v) is 4.43. The maximum Gasteiger partial charge on any atom is 0.253 e. The first-order valence-electron chi connectivity index (χ1n) is 6.43. The lowest BCUT2D eigenvalue weighted by Gasteiger charge is -2.27. The maximum atomic E-state index is 11.8. The molecular formula is C15H17NO5. The van der Waals surface area contributed by atoms with Gasteiger partial charge in [0.15, 0.2) is 11.5 Å². The molecule has 0 radical (unpaired) electrons. The predicted molar refractivity (Wildman–Crippen MR) is 76.5 cm³/mol. The van der Waals surface area contributed by atoms with Gasteiger partial charge in [-0.3, -0.25) is 14.5 Å². The Kier molecular flexibility index (Phi) is 4.47. The van der Waals surface area contributed by atoms with Crippen LogP contribution in [0.4, 0.5) is 0 Å². The SMILES string of the molecule is COc1cc(/C=C/C(=O)N2CCC2=O)cc(OC)c1OC. The average Bonchev–Trinajstić information content (AvgIpc) is 2.49. The Morgan fingerprint density at radius 3 is 2.14 bits per heavy atom. The third kappa shape index (κ3) is 2.99. The number of carbonyl (C=O) groups is 2. The quantitative estimate of drug-likeness (QED) is 0.607. The number of imide groups is 1. The van der Waals surface area contributed by atoms with E-state index in [-0.39, 0.29) is 11.8 Å². The fraction of sp³-hybridized carbons (Fsp3) is 0.333. The molecule has 0 saturated carbocycles. The second-order valence-electron chi connectivity index (χ2n) is 4.43. The monoisotopic (exact) mass is 291 g/mol. The third-order valence-corrected chi connectivity index (χ3v) is 3.22. The van der Waals surface area contributed by atoms with Gasteiger partial charge >= 0.3 is 0 Å². The number of methoxy groups -OCH3 is 3. The van der Waals surface area contributed by atoms with Gasteiger partial charge in [-0.2, -0.15) is 0 Å². The molecule has 112 valence electrons. The van der Waals surface area contributed by atoms with Crippen LogP contribution in [0, 0.1) is 0 Å². The molecule has 2 amide bonds. The summed E-state index contributed by atoms with van der Waals surface area (Å²) in [5.41, 5.74) is 0.714. The number of β-lactam (4-membered cyclic amide) rings is 1. The minimum absolute atomic E-state index is 0.144. The van der Waals surface area contributed by atoms with E-state index in [4.69, 9.17) is 14.2 Å². The normalized spacial score (nSPS) is 14.0. The van der Waals surface area contributed by atoms with Gasteiger partial charge in [0.05, 0.1) is 21.3 Å². The molecule has 6 heteroatoms. The summed E-state index contributed by atoms with van der Waals surface area (Å²) in [6, 6.07) is 3.45. The van der Waals surface area contributed by atoms with E-state index in [9.17, 15) is 9.59 Å². The first-order chi connectivity index (χ1) is 10.1. The van der Waals surface area contributed by atoms with Crippen LogP contribution >= 0.6 is 0 Å². The molecule has 0 atom stereocenters. The first kappa shape index (κ1) is 14.9. The van der Waals surface area contributed by atoms with Crippen LogP contribution in [0.5, 0.6) is 17.2 Å². The van der Waals surface area contributed by atoms with E-state index < -0.39 is 0 Å². The topological polar surface area (TPSA) is 65.1 Å². The standard InChI is InChI=1S/C15H17NO5/c1-19-11-8-10(9-12(20-2)15(11)21-3)4-5-13(17)16-7-6-14(16)18/h4-5,8-9H,6-7H2,1-3H3/b5-4+. The molecule has 6 nitrogen and oxygen atoms in total. The summed E-state index contributed by atoms with van der Waals surface area (Å²) in [6.07, 6.45) is 3.40. The largest absolute Gasteiger partial charge is 0.493 e. The summed E-state index contributed by atoms with van der Waals surface area (Å²) >= 11 is 0. The molecule has 2 rings (SSSR count). The summed E-state index contributed by atoms with van der Waals surface area (Å²) in [4.78, 5) is 24.2. The maximum absolute atomic E-state index is 11.8. The number of carbonyl (C=O) groups excluding carboxylic acids is 2. The van der Waals surface area contributed by atoms with Crippen LogP contribution in [0.3, 0.4) is 0 Å². The van der Waals surface area contributed by atoms with Gasteiger partial charge in [0.1, 0.15) is 0 Å². The highest BCUT2D eigenvalue weighted by Crippen LogP contribution is 2.38. The lowest BCUT2D eigenvalue weighted by atomic mass is 10.1. The Hall–Kier alpha value is -2.50. The Labute approximate surface area is 122 Å². The van der Waals surface area contributed by atoms with E-state index in [1.807, 2.05) is 0 Å². The fourth-order valence-corrected chi connectivity index (χ4v) is 2.00. The van der Waals surface area contributed by atoms with E-state index in [1.165, 1.54) is 32.3 Å². The van der Waals surface area contributed by atoms with Crippen LogP contribution in [0.2, 0.25) is 0 Å². The Morgan fingerprint density at radius 1 is 1.14 bits per heavy atom. The van der Waals surface area contributed by atoms with Crippen molar-refractivity contribution in [3.63, 3.8) is 0 Å². The molecule has 1 aliphatic heterocycles. The molecule has 1 saturated heterocycles. The highest BCUT2D eigenvalue weighted by atomic mass is 16.5. The number of ether oxygens (including phenoxy) is 3. The van der Waals surface area contributed by atoms with Gasteiger partial charge in [0, 0.05) is 19.0 Å². The van der Waals surface area contributed by atoms with Crippen LogP contribution < -0.4 is 14.2 Å². The lowest BCUT2D eigenvalue weighted by Crippen LogP contribution is -2.46. The van der Waals surface area contributed by atoms with Crippen molar-refractivity contribution in [2.75, 3.05) is 27.9 Å². The van der Waals surface area contributed by atoms with Crippen molar-refractivity contribution in [2.24, 2.45) is 0 Å². The molecule has 1 fully saturated rings. The number of amides is 2. The minimum Gasteiger partial charge on any atom is -0.493 e. The third-order valence-electron chi connectivity index (χ3n) is 3.22. The molecule has 0 aromatic heterocycles. The molecule has 0 spiro atoms. The Morgan fingerprint density at radius 2 is 1.76 bits per heavy atom. The highest BCUT2D eigenvalue weighted by Gasteiger charge is 2.28. The van der Waals surface area contributed by atoms with Gasteiger partial charge in [-0.1, -0.05) is 0 Å². The molecule has 1 aliphatic rings. The zero-order valence-electron chi connectivity index (χ0n) is 12.2. The summed E-state index contributed by atoms with van der Waals surface area (Å²) in [5.74, 6) is 1.03. The number of likely N-dealkylation sites (tertiary alicyclic amines) is 1. The minimum atomic E-state index is -0.319. The molecular weight excluding hydrogens is 274 g/mol. The summed E-state index contributed by atoms with van der Waals surface area (Å²) in [5, 5.41) is 0. The summed E-state index contributed by atoms with van der Waals surface area (Å²) < 4.78 is 15.7. The molecule has 1 heterocycles. The van der Waals surface area contributed by atoms with Crippen LogP contribution in [0.25, 0.3) is 6.08 Å². The van der Waals surface area contributed by atoms with E-state index in [1.54, 1.807) is 18.2 Å². The van der Waals surface area contributed by atoms with Crippen molar-refractivity contribution in [3.05, 3.63) is 23.8 Å². The smallest absolute Gasteiger partial charge is 0.253 e. The number of benzene rings is 1. The van der Waals surface area contributed by atoms with Crippen molar-refractivity contribution >= 4 is 17.9 Å². The van der Waals surface area contributed by atoms with Gasteiger partial charge in [-0.15, -0.1) is 0 Å². The van der Waals surface area contributed by atoms with Crippen molar-refractivity contribution in [2.45, 2.75) is 6.42 Å². The zero-order chi connectivity index (χ0) is 15.4. The predicted octanol–water partition coefficient (Wildman–Crippen LogP) is 1.48. The van der Waals surface area contributed by atoms with Crippen LogP contribution in [0.1, 0.15) is 12.0 Å². The molecule has 0 N–H and O–H groups in total. The molecule has 0 bridgehead atoms. The van der Waals surface area contributed by atoms with Crippen LogP contribution in [-0.2, 0) is 9.59 Å². The molecule has 0 aliphatic carbocycles. The van der Waals surface area contributed by atoms with Crippen LogP contribution in [0.15, 0.2) is 18.2 Å². The zero-order valence-corrected chi connectivity index (χ0v) is 12.2. The Balaban J connectivity index is 2.23. The first-order valence-corrected chi connectivity index (χ1v) is 6.43. The molecule has 0 unspecified atom stereocenters. The number of hydrogen-bond donors (Lipinski definition) is 0. The van der Waals surface area contributed by atoms with Gasteiger partial charge in [0.25, 0.3) is 5.91 Å². The number of hydrogen-bond acceptors (Lipinski definition) is 5. The van der Waals surface area contributed by atoms with Crippen LogP contribution in [-0.4, -0.2) is 44.6 Å². The average molecular weight is 291 g/mol. The Bertz CT molecular complexity index is 569. The molecule has 1 aromatic rings. The van der Waals surface area contributed by atoms with Gasteiger partial charge in [-0.25, -0.2) is 0 Å². The summed E-state index contributed by atoms with van der Waals surface area (Å²) in [6.45, 7) is 0.483. The number of rotatable bonds is 5. The molecule has 1 aromatic carbocycles. The van der Waals surface area contributed by atoms with Gasteiger partial charge < -0.3 is 14.2 Å². The van der Waals surface area contributed by atoms with E-state index in [2.05, 4.69) is 0 Å². The van der Waals surface area contributed by atoms with E-state index in [0.29, 0.717) is 35.8 Å². The fourth-order valence-electron chi connectivity index (χ4n) is 2.00. The molecule has 21 heavy (non-hydrogen) atoms.